The minimum atomic E-state index is 0.775. The molecule has 0 aliphatic rings. The van der Waals surface area contributed by atoms with Crippen LogP contribution in [0.5, 0.6) is 0 Å². The lowest BCUT2D eigenvalue weighted by atomic mass is 10.1. The van der Waals surface area contributed by atoms with Gasteiger partial charge in [-0.1, -0.05) is 38.3 Å². The van der Waals surface area contributed by atoms with E-state index in [9.17, 15) is 0 Å². The molecule has 0 radical (unpaired) electrons. The summed E-state index contributed by atoms with van der Waals surface area (Å²) in [5.74, 6) is 0. The molecule has 0 amide bonds. The monoisotopic (exact) mass is 243 g/mol. The maximum atomic E-state index is 6.03. The smallest absolute Gasteiger partial charge is 0.0954 e. The first kappa shape index (κ1) is 12.7. The summed E-state index contributed by atoms with van der Waals surface area (Å²) in [5, 5.41) is 4.55. The van der Waals surface area contributed by atoms with Crippen LogP contribution in [-0.4, -0.2) is 11.5 Å². The predicted octanol–water partition coefficient (Wildman–Crippen LogP) is 3.81. The number of aromatic nitrogens is 1. The summed E-state index contributed by atoms with van der Waals surface area (Å²) in [7, 11) is 0. The number of benzene rings is 1. The minimum absolute atomic E-state index is 0.775. The molecule has 2 rings (SSSR count). The molecular formula is C15H21N3. The van der Waals surface area contributed by atoms with E-state index in [1.54, 1.807) is 0 Å². The average molecular weight is 243 g/mol. The van der Waals surface area contributed by atoms with E-state index in [1.807, 2.05) is 24.4 Å². The third kappa shape index (κ3) is 2.92. The van der Waals surface area contributed by atoms with Crippen LogP contribution in [-0.2, 0) is 0 Å². The number of nitrogens with one attached hydrogen (secondary N) is 1. The Morgan fingerprint density at radius 1 is 1.17 bits per heavy atom. The molecule has 2 aromatic rings. The van der Waals surface area contributed by atoms with Gasteiger partial charge in [0.05, 0.1) is 16.9 Å². The van der Waals surface area contributed by atoms with E-state index >= 15 is 0 Å². The molecule has 96 valence electrons. The summed E-state index contributed by atoms with van der Waals surface area (Å²) in [5.41, 5.74) is 8.74. The van der Waals surface area contributed by atoms with Crippen LogP contribution in [0.25, 0.3) is 10.9 Å². The molecule has 0 bridgehead atoms. The van der Waals surface area contributed by atoms with Crippen LogP contribution in [0, 0.1) is 0 Å². The van der Waals surface area contributed by atoms with Crippen LogP contribution in [0.2, 0.25) is 0 Å². The van der Waals surface area contributed by atoms with E-state index in [4.69, 9.17) is 5.73 Å². The van der Waals surface area contributed by atoms with Crippen molar-refractivity contribution < 1.29 is 0 Å². The Balaban J connectivity index is 2.09. The molecule has 0 fully saturated rings. The highest BCUT2D eigenvalue weighted by atomic mass is 14.9. The number of hydrogen-bond acceptors (Lipinski definition) is 3. The topological polar surface area (TPSA) is 50.9 Å². The van der Waals surface area contributed by atoms with E-state index in [1.165, 1.54) is 25.7 Å². The Morgan fingerprint density at radius 2 is 2.06 bits per heavy atom. The van der Waals surface area contributed by atoms with Crippen molar-refractivity contribution >= 4 is 22.3 Å². The molecule has 0 saturated heterocycles. The van der Waals surface area contributed by atoms with Gasteiger partial charge in [-0.2, -0.15) is 0 Å². The molecule has 3 N–H and O–H groups in total. The van der Waals surface area contributed by atoms with Crippen LogP contribution in [0.1, 0.15) is 32.6 Å². The first-order chi connectivity index (χ1) is 8.83. The number of nitrogens with zero attached hydrogens (tertiary/aromatic N) is 1. The zero-order chi connectivity index (χ0) is 12.8. The van der Waals surface area contributed by atoms with E-state index in [2.05, 4.69) is 23.3 Å². The van der Waals surface area contributed by atoms with Gasteiger partial charge in [0, 0.05) is 18.1 Å². The lowest BCUT2D eigenvalue weighted by Crippen LogP contribution is -2.05. The highest BCUT2D eigenvalue weighted by molar-refractivity contribution is 5.96. The summed E-state index contributed by atoms with van der Waals surface area (Å²) in [6.07, 6.45) is 6.81. The molecule has 0 aliphatic carbocycles. The maximum Gasteiger partial charge on any atom is 0.0954 e. The third-order valence-electron chi connectivity index (χ3n) is 3.14. The molecule has 0 spiro atoms. The molecule has 0 unspecified atom stereocenters. The van der Waals surface area contributed by atoms with E-state index < -0.39 is 0 Å². The lowest BCUT2D eigenvalue weighted by Gasteiger charge is -2.11. The van der Waals surface area contributed by atoms with Gasteiger partial charge in [0.2, 0.25) is 0 Å². The second-order valence-corrected chi connectivity index (χ2v) is 4.59. The average Bonchev–Trinajstić information content (AvgIpc) is 2.41. The third-order valence-corrected chi connectivity index (χ3v) is 3.14. The largest absolute Gasteiger partial charge is 0.397 e. The quantitative estimate of drug-likeness (QED) is 0.599. The van der Waals surface area contributed by atoms with E-state index in [-0.39, 0.29) is 0 Å². The normalized spacial score (nSPS) is 10.7. The molecule has 18 heavy (non-hydrogen) atoms. The number of fused-ring (bicyclic) bond motifs is 1. The number of hydrogen-bond donors (Lipinski definition) is 2. The summed E-state index contributed by atoms with van der Waals surface area (Å²) in [6, 6.07) is 7.96. The van der Waals surface area contributed by atoms with Crippen molar-refractivity contribution in [3.8, 4) is 0 Å². The molecule has 1 aromatic carbocycles. The molecule has 0 atom stereocenters. The number of rotatable bonds is 6. The van der Waals surface area contributed by atoms with Crippen LogP contribution in [0.3, 0.4) is 0 Å². The Bertz CT molecular complexity index is 508. The fourth-order valence-corrected chi connectivity index (χ4v) is 2.11. The van der Waals surface area contributed by atoms with E-state index in [0.717, 1.165) is 28.8 Å². The number of pyridine rings is 1. The van der Waals surface area contributed by atoms with Crippen molar-refractivity contribution in [1.29, 1.82) is 0 Å². The van der Waals surface area contributed by atoms with Gasteiger partial charge >= 0.3 is 0 Å². The summed E-state index contributed by atoms with van der Waals surface area (Å²) >= 11 is 0. The van der Waals surface area contributed by atoms with E-state index in [0.29, 0.717) is 0 Å². The van der Waals surface area contributed by atoms with Gasteiger partial charge in [0.25, 0.3) is 0 Å². The van der Waals surface area contributed by atoms with Gasteiger partial charge in [-0.3, -0.25) is 4.98 Å². The highest BCUT2D eigenvalue weighted by Crippen LogP contribution is 2.27. The number of unbranched alkanes of at least 4 members (excludes halogenated alkanes) is 3. The zero-order valence-electron chi connectivity index (χ0n) is 10.9. The van der Waals surface area contributed by atoms with Gasteiger partial charge in [-0.15, -0.1) is 0 Å². The van der Waals surface area contributed by atoms with Gasteiger partial charge in [-0.25, -0.2) is 0 Å². The van der Waals surface area contributed by atoms with Gasteiger partial charge in [-0.05, 0) is 18.6 Å². The van der Waals surface area contributed by atoms with Crippen LogP contribution < -0.4 is 11.1 Å². The standard InChI is InChI=1S/C15H21N3/c1-2-3-4-5-10-18-15-13(16)9-8-12-7-6-11-17-14(12)15/h6-9,11,18H,2-5,10,16H2,1H3. The fourth-order valence-electron chi connectivity index (χ4n) is 2.11. The van der Waals surface area contributed by atoms with Gasteiger partial charge in [0.15, 0.2) is 0 Å². The van der Waals surface area contributed by atoms with Crippen LogP contribution in [0.4, 0.5) is 11.4 Å². The maximum absolute atomic E-state index is 6.03. The molecule has 0 aliphatic heterocycles. The molecule has 1 aromatic heterocycles. The molecule has 0 saturated carbocycles. The van der Waals surface area contributed by atoms with Crippen molar-refractivity contribution in [2.45, 2.75) is 32.6 Å². The highest BCUT2D eigenvalue weighted by Gasteiger charge is 2.05. The second kappa shape index (κ2) is 6.24. The minimum Gasteiger partial charge on any atom is -0.397 e. The molecule has 1 heterocycles. The Kier molecular flexibility index (Phi) is 4.40. The summed E-state index contributed by atoms with van der Waals surface area (Å²) < 4.78 is 0. The van der Waals surface area contributed by atoms with Crippen LogP contribution >= 0.6 is 0 Å². The summed E-state index contributed by atoms with van der Waals surface area (Å²) in [6.45, 7) is 3.18. The number of nitrogens with two attached hydrogens (primary N) is 1. The lowest BCUT2D eigenvalue weighted by molar-refractivity contribution is 0.685. The SMILES string of the molecule is CCCCCCNc1c(N)ccc2cccnc12. The number of anilines is 2. The first-order valence-corrected chi connectivity index (χ1v) is 6.70. The van der Waals surface area contributed by atoms with Crippen molar-refractivity contribution in [3.05, 3.63) is 30.5 Å². The first-order valence-electron chi connectivity index (χ1n) is 6.70. The zero-order valence-corrected chi connectivity index (χ0v) is 10.9. The number of nitrogen functional groups attached to an aromatic ring is 1. The molecule has 3 nitrogen and oxygen atoms in total. The summed E-state index contributed by atoms with van der Waals surface area (Å²) in [4.78, 5) is 4.41. The van der Waals surface area contributed by atoms with Crippen molar-refractivity contribution in [2.75, 3.05) is 17.6 Å². The predicted molar refractivity (Wildman–Crippen MR) is 78.8 cm³/mol. The Morgan fingerprint density at radius 3 is 2.89 bits per heavy atom. The van der Waals surface area contributed by atoms with Gasteiger partial charge < -0.3 is 11.1 Å². The van der Waals surface area contributed by atoms with Gasteiger partial charge in [0.1, 0.15) is 0 Å². The fraction of sp³-hybridized carbons (Fsp3) is 0.400. The Hall–Kier alpha value is -1.77. The molecular weight excluding hydrogens is 222 g/mol. The molecule has 3 heteroatoms. The van der Waals surface area contributed by atoms with Crippen molar-refractivity contribution in [2.24, 2.45) is 0 Å². The van der Waals surface area contributed by atoms with Crippen molar-refractivity contribution in [1.82, 2.24) is 4.98 Å². The van der Waals surface area contributed by atoms with Crippen molar-refractivity contribution in [3.63, 3.8) is 0 Å². The Labute approximate surface area is 108 Å². The second-order valence-electron chi connectivity index (χ2n) is 4.59. The van der Waals surface area contributed by atoms with Crippen LogP contribution in [0.15, 0.2) is 30.5 Å².